The van der Waals surface area contributed by atoms with Crippen LogP contribution in [-0.4, -0.2) is 14.8 Å². The van der Waals surface area contributed by atoms with E-state index < -0.39 is 5.82 Å². The van der Waals surface area contributed by atoms with Gasteiger partial charge in [-0.3, -0.25) is 0 Å². The van der Waals surface area contributed by atoms with Crippen LogP contribution < -0.4 is 5.73 Å². The van der Waals surface area contributed by atoms with Crippen molar-refractivity contribution < 1.29 is 4.39 Å². The molecule has 0 bridgehead atoms. The molecule has 1 aromatic heterocycles. The number of anilines is 1. The minimum absolute atomic E-state index is 0.111. The number of para-hydroxylation sites is 1. The molecule has 0 atom stereocenters. The molecule has 0 fully saturated rings. The summed E-state index contributed by atoms with van der Waals surface area (Å²) in [7, 11) is 0. The van der Waals surface area contributed by atoms with Crippen molar-refractivity contribution in [3.8, 4) is 11.4 Å². The number of benzene rings is 1. The van der Waals surface area contributed by atoms with Gasteiger partial charge in [-0.15, -0.1) is 0 Å². The topological polar surface area (TPSA) is 56.7 Å². The number of nitrogens with two attached hydrogens (primary N) is 1. The Morgan fingerprint density at radius 2 is 2.27 bits per heavy atom. The second-order valence-electron chi connectivity index (χ2n) is 3.10. The van der Waals surface area contributed by atoms with E-state index in [9.17, 15) is 4.39 Å². The maximum atomic E-state index is 13.2. The highest BCUT2D eigenvalue weighted by atomic mass is 19.1. The largest absolute Gasteiger partial charge is 0.396 e. The summed E-state index contributed by atoms with van der Waals surface area (Å²) in [5, 5.41) is 4.01. The molecule has 78 valence electrons. The van der Waals surface area contributed by atoms with Gasteiger partial charge in [0.1, 0.15) is 12.1 Å². The van der Waals surface area contributed by atoms with Crippen molar-refractivity contribution in [3.05, 3.63) is 30.3 Å². The standard InChI is InChI=1S/C10H11FN4/c1-2-15-10(13-6-14-15)7-4-3-5-8(11)9(7)12/h3-6H,2,12H2,1H3. The van der Waals surface area contributed by atoms with Gasteiger partial charge in [0.15, 0.2) is 5.82 Å². The molecule has 1 heterocycles. The zero-order valence-electron chi connectivity index (χ0n) is 8.31. The number of hydrogen-bond acceptors (Lipinski definition) is 3. The van der Waals surface area contributed by atoms with Crippen molar-refractivity contribution in [2.45, 2.75) is 13.5 Å². The van der Waals surface area contributed by atoms with Gasteiger partial charge in [-0.05, 0) is 19.1 Å². The van der Waals surface area contributed by atoms with Crippen LogP contribution in [0.5, 0.6) is 0 Å². The van der Waals surface area contributed by atoms with Crippen LogP contribution in [0.2, 0.25) is 0 Å². The Morgan fingerprint density at radius 3 is 3.00 bits per heavy atom. The van der Waals surface area contributed by atoms with E-state index in [1.807, 2.05) is 6.92 Å². The van der Waals surface area contributed by atoms with Crippen LogP contribution >= 0.6 is 0 Å². The first-order valence-corrected chi connectivity index (χ1v) is 4.66. The van der Waals surface area contributed by atoms with E-state index in [0.29, 0.717) is 17.9 Å². The summed E-state index contributed by atoms with van der Waals surface area (Å²) >= 11 is 0. The number of nitrogens with zero attached hydrogens (tertiary/aromatic N) is 3. The van der Waals surface area contributed by atoms with Gasteiger partial charge in [0.25, 0.3) is 0 Å². The molecule has 0 aliphatic carbocycles. The highest BCUT2D eigenvalue weighted by molar-refractivity contribution is 5.71. The fraction of sp³-hybridized carbons (Fsp3) is 0.200. The average molecular weight is 206 g/mol. The van der Waals surface area contributed by atoms with Crippen LogP contribution in [0.3, 0.4) is 0 Å². The lowest BCUT2D eigenvalue weighted by Gasteiger charge is -2.06. The maximum Gasteiger partial charge on any atom is 0.160 e. The maximum absolute atomic E-state index is 13.2. The van der Waals surface area contributed by atoms with E-state index in [1.165, 1.54) is 12.4 Å². The van der Waals surface area contributed by atoms with Crippen molar-refractivity contribution in [2.75, 3.05) is 5.73 Å². The Balaban J connectivity index is 2.59. The highest BCUT2D eigenvalue weighted by Crippen LogP contribution is 2.25. The summed E-state index contributed by atoms with van der Waals surface area (Å²) in [6.07, 6.45) is 1.43. The van der Waals surface area contributed by atoms with E-state index in [1.54, 1.807) is 16.8 Å². The fourth-order valence-electron chi connectivity index (χ4n) is 1.44. The third kappa shape index (κ3) is 1.56. The Hall–Kier alpha value is -1.91. The molecule has 2 rings (SSSR count). The molecule has 0 amide bonds. The van der Waals surface area contributed by atoms with Gasteiger partial charge in [-0.2, -0.15) is 5.10 Å². The van der Waals surface area contributed by atoms with Crippen molar-refractivity contribution in [3.63, 3.8) is 0 Å². The number of halogens is 1. The summed E-state index contributed by atoms with van der Waals surface area (Å²) in [6.45, 7) is 2.61. The lowest BCUT2D eigenvalue weighted by atomic mass is 10.1. The van der Waals surface area contributed by atoms with Gasteiger partial charge in [-0.1, -0.05) is 6.07 Å². The van der Waals surface area contributed by atoms with Gasteiger partial charge in [-0.25, -0.2) is 14.1 Å². The Bertz CT molecular complexity index is 478. The smallest absolute Gasteiger partial charge is 0.160 e. The molecule has 0 spiro atoms. The fourth-order valence-corrected chi connectivity index (χ4v) is 1.44. The third-order valence-corrected chi connectivity index (χ3v) is 2.21. The monoisotopic (exact) mass is 206 g/mol. The van der Waals surface area contributed by atoms with Crippen molar-refractivity contribution in [1.82, 2.24) is 14.8 Å². The van der Waals surface area contributed by atoms with Crippen molar-refractivity contribution in [2.24, 2.45) is 0 Å². The first-order valence-electron chi connectivity index (χ1n) is 4.66. The van der Waals surface area contributed by atoms with Crippen molar-refractivity contribution in [1.29, 1.82) is 0 Å². The molecular formula is C10H11FN4. The van der Waals surface area contributed by atoms with Crippen LogP contribution in [0.4, 0.5) is 10.1 Å². The third-order valence-electron chi connectivity index (χ3n) is 2.21. The van der Waals surface area contributed by atoms with Crippen LogP contribution in [0.15, 0.2) is 24.5 Å². The normalized spacial score (nSPS) is 10.5. The minimum Gasteiger partial charge on any atom is -0.396 e. The molecule has 1 aromatic carbocycles. The van der Waals surface area contributed by atoms with E-state index in [-0.39, 0.29) is 5.69 Å². The lowest BCUT2D eigenvalue weighted by Crippen LogP contribution is -2.02. The molecule has 0 unspecified atom stereocenters. The summed E-state index contributed by atoms with van der Waals surface area (Å²) < 4.78 is 14.9. The van der Waals surface area contributed by atoms with Crippen LogP contribution in [0.25, 0.3) is 11.4 Å². The number of aryl methyl sites for hydroxylation is 1. The molecule has 0 aliphatic heterocycles. The Morgan fingerprint density at radius 1 is 1.47 bits per heavy atom. The predicted octanol–water partition coefficient (Wildman–Crippen LogP) is 1.69. The second kappa shape index (κ2) is 3.68. The molecule has 0 radical (unpaired) electrons. The quantitative estimate of drug-likeness (QED) is 0.760. The highest BCUT2D eigenvalue weighted by Gasteiger charge is 2.11. The zero-order valence-corrected chi connectivity index (χ0v) is 8.31. The molecule has 0 saturated heterocycles. The van der Waals surface area contributed by atoms with E-state index >= 15 is 0 Å². The zero-order chi connectivity index (χ0) is 10.8. The molecule has 0 aliphatic rings. The van der Waals surface area contributed by atoms with Gasteiger partial charge in [0.2, 0.25) is 0 Å². The average Bonchev–Trinajstić information content (AvgIpc) is 2.70. The molecular weight excluding hydrogens is 195 g/mol. The molecule has 15 heavy (non-hydrogen) atoms. The lowest BCUT2D eigenvalue weighted by molar-refractivity contribution is 0.631. The predicted molar refractivity (Wildman–Crippen MR) is 55.5 cm³/mol. The van der Waals surface area contributed by atoms with Crippen LogP contribution in [0, 0.1) is 5.82 Å². The number of nitrogen functional groups attached to an aromatic ring is 1. The number of hydrogen-bond donors (Lipinski definition) is 1. The van der Waals surface area contributed by atoms with Gasteiger partial charge >= 0.3 is 0 Å². The summed E-state index contributed by atoms with van der Waals surface area (Å²) in [5.74, 6) is 0.160. The second-order valence-corrected chi connectivity index (χ2v) is 3.10. The van der Waals surface area contributed by atoms with E-state index in [4.69, 9.17) is 5.73 Å². The molecule has 4 nitrogen and oxygen atoms in total. The summed E-state index contributed by atoms with van der Waals surface area (Å²) in [5.41, 5.74) is 6.33. The van der Waals surface area contributed by atoms with Crippen LogP contribution in [-0.2, 0) is 6.54 Å². The number of aromatic nitrogens is 3. The molecule has 0 saturated carbocycles. The van der Waals surface area contributed by atoms with Crippen LogP contribution in [0.1, 0.15) is 6.92 Å². The number of rotatable bonds is 2. The van der Waals surface area contributed by atoms with Gasteiger partial charge < -0.3 is 5.73 Å². The first kappa shape index (κ1) is 9.64. The van der Waals surface area contributed by atoms with Gasteiger partial charge in [0, 0.05) is 12.1 Å². The summed E-state index contributed by atoms with van der Waals surface area (Å²) in [6, 6.07) is 4.66. The Kier molecular flexibility index (Phi) is 2.37. The SMILES string of the molecule is CCn1ncnc1-c1cccc(F)c1N. The molecule has 5 heteroatoms. The summed E-state index contributed by atoms with van der Waals surface area (Å²) in [4.78, 5) is 4.06. The van der Waals surface area contributed by atoms with Crippen molar-refractivity contribution >= 4 is 5.69 Å². The molecule has 2 aromatic rings. The van der Waals surface area contributed by atoms with Gasteiger partial charge in [0.05, 0.1) is 5.69 Å². The van der Waals surface area contributed by atoms with E-state index in [0.717, 1.165) is 0 Å². The Labute approximate surface area is 86.6 Å². The minimum atomic E-state index is -0.432. The first-order chi connectivity index (χ1) is 7.24. The molecule has 2 N–H and O–H groups in total. The van der Waals surface area contributed by atoms with E-state index in [2.05, 4.69) is 10.1 Å².